The number of hydrogen-bond donors (Lipinski definition) is 0. The number of nitrogens with zero attached hydrogens (tertiary/aromatic N) is 4. The molecule has 0 N–H and O–H groups in total. The Hall–Kier alpha value is -2.76. The zero-order valence-electron chi connectivity index (χ0n) is 17.3. The van der Waals surface area contributed by atoms with Crippen LogP contribution >= 0.6 is 11.6 Å². The van der Waals surface area contributed by atoms with Gasteiger partial charge in [-0.3, -0.25) is 19.7 Å². The highest BCUT2D eigenvalue weighted by Crippen LogP contribution is 2.50. The Kier molecular flexibility index (Phi) is 5.47. The van der Waals surface area contributed by atoms with Crippen molar-refractivity contribution in [2.24, 2.45) is 5.41 Å². The van der Waals surface area contributed by atoms with Gasteiger partial charge in [0.2, 0.25) is 5.91 Å². The number of halogens is 1. The fraction of sp³-hybridized carbons (Fsp3) is 0.320. The largest absolute Gasteiger partial charge is 0.338 e. The smallest absolute Gasteiger partial charge is 0.231 e. The van der Waals surface area contributed by atoms with E-state index in [2.05, 4.69) is 33.1 Å². The zero-order valence-corrected chi connectivity index (χ0v) is 18.1. The van der Waals surface area contributed by atoms with E-state index in [1.807, 2.05) is 47.6 Å². The second-order valence-electron chi connectivity index (χ2n) is 8.63. The Morgan fingerprint density at radius 1 is 0.968 bits per heavy atom. The number of benzene rings is 1. The van der Waals surface area contributed by atoms with Crippen LogP contribution in [0.15, 0.2) is 73.3 Å². The summed E-state index contributed by atoms with van der Waals surface area (Å²) in [5.74, 6) is 0.392. The highest BCUT2D eigenvalue weighted by Gasteiger charge is 2.56. The first-order valence-electron chi connectivity index (χ1n) is 10.7. The lowest BCUT2D eigenvalue weighted by atomic mass is 9.73. The molecule has 5 rings (SSSR count). The molecular weight excluding hydrogens is 408 g/mol. The minimum Gasteiger partial charge on any atom is -0.338 e. The molecule has 0 unspecified atom stereocenters. The topological polar surface area (TPSA) is 49.3 Å². The predicted octanol–water partition coefficient (Wildman–Crippen LogP) is 4.15. The van der Waals surface area contributed by atoms with Crippen molar-refractivity contribution in [1.29, 1.82) is 0 Å². The molecule has 2 fully saturated rings. The van der Waals surface area contributed by atoms with Gasteiger partial charge in [-0.25, -0.2) is 0 Å². The quantitative estimate of drug-likeness (QED) is 0.607. The van der Waals surface area contributed by atoms with E-state index in [1.54, 1.807) is 12.4 Å². The molecule has 2 aliphatic rings. The van der Waals surface area contributed by atoms with E-state index < -0.39 is 5.41 Å². The summed E-state index contributed by atoms with van der Waals surface area (Å²) in [4.78, 5) is 26.8. The maximum Gasteiger partial charge on any atom is 0.231 e. The van der Waals surface area contributed by atoms with Crippen LogP contribution in [0.4, 0.5) is 0 Å². The van der Waals surface area contributed by atoms with Crippen LogP contribution in [0.3, 0.4) is 0 Å². The Labute approximate surface area is 187 Å². The molecule has 158 valence electrons. The average Bonchev–Trinajstić information content (AvgIpc) is 3.32. The lowest BCUT2D eigenvalue weighted by Gasteiger charge is -2.29. The summed E-state index contributed by atoms with van der Waals surface area (Å²) in [5, 5.41) is 0.742. The Morgan fingerprint density at radius 2 is 1.74 bits per heavy atom. The molecule has 6 heteroatoms. The minimum atomic E-state index is -0.405. The highest BCUT2D eigenvalue weighted by atomic mass is 35.5. The van der Waals surface area contributed by atoms with Crippen LogP contribution in [0.1, 0.15) is 29.0 Å². The second kappa shape index (κ2) is 8.40. The Morgan fingerprint density at radius 3 is 2.45 bits per heavy atom. The van der Waals surface area contributed by atoms with Crippen molar-refractivity contribution in [1.82, 2.24) is 19.8 Å². The van der Waals surface area contributed by atoms with Gasteiger partial charge in [-0.05, 0) is 47.4 Å². The monoisotopic (exact) mass is 432 g/mol. The maximum absolute atomic E-state index is 13.8. The first-order valence-corrected chi connectivity index (χ1v) is 11.1. The molecule has 3 aromatic rings. The van der Waals surface area contributed by atoms with Crippen molar-refractivity contribution in [3.8, 4) is 0 Å². The summed E-state index contributed by atoms with van der Waals surface area (Å²) in [5.41, 5.74) is 3.03. The SMILES string of the molecule is O=C1N(Cc2cccnc2)CC[C@@]12CN(Cc1ccc(Cl)cc1)C[C@@H]2c1cccnc1. The average molecular weight is 433 g/mol. The van der Waals surface area contributed by atoms with E-state index in [0.29, 0.717) is 6.54 Å². The van der Waals surface area contributed by atoms with E-state index in [0.717, 1.165) is 48.7 Å². The van der Waals surface area contributed by atoms with Gasteiger partial charge in [-0.2, -0.15) is 0 Å². The lowest BCUT2D eigenvalue weighted by molar-refractivity contribution is -0.136. The number of hydrogen-bond acceptors (Lipinski definition) is 4. The van der Waals surface area contributed by atoms with Crippen LogP contribution in [-0.4, -0.2) is 45.3 Å². The lowest BCUT2D eigenvalue weighted by Crippen LogP contribution is -2.39. The number of aromatic nitrogens is 2. The second-order valence-corrected chi connectivity index (χ2v) is 9.07. The maximum atomic E-state index is 13.8. The molecule has 4 heterocycles. The molecule has 31 heavy (non-hydrogen) atoms. The van der Waals surface area contributed by atoms with E-state index in [9.17, 15) is 4.79 Å². The van der Waals surface area contributed by atoms with Gasteiger partial charge >= 0.3 is 0 Å². The molecule has 2 aromatic heterocycles. The van der Waals surface area contributed by atoms with Crippen LogP contribution in [0, 0.1) is 5.41 Å². The molecule has 2 saturated heterocycles. The third-order valence-electron chi connectivity index (χ3n) is 6.66. The van der Waals surface area contributed by atoms with Crippen molar-refractivity contribution in [3.05, 3.63) is 95.0 Å². The van der Waals surface area contributed by atoms with Gasteiger partial charge in [0.15, 0.2) is 0 Å². The molecule has 1 amide bonds. The number of likely N-dealkylation sites (tertiary alicyclic amines) is 2. The predicted molar refractivity (Wildman–Crippen MR) is 120 cm³/mol. The van der Waals surface area contributed by atoms with Gasteiger partial charge in [-0.15, -0.1) is 0 Å². The molecule has 2 aliphatic heterocycles. The van der Waals surface area contributed by atoms with Gasteiger partial charge in [-0.1, -0.05) is 35.9 Å². The zero-order chi connectivity index (χ0) is 21.3. The summed E-state index contributed by atoms with van der Waals surface area (Å²) in [6, 6.07) is 16.0. The number of amides is 1. The molecular formula is C25H25ClN4O. The Bertz CT molecular complexity index is 1040. The molecule has 1 spiro atoms. The minimum absolute atomic E-state index is 0.139. The van der Waals surface area contributed by atoms with Crippen LogP contribution in [0.2, 0.25) is 5.02 Å². The summed E-state index contributed by atoms with van der Waals surface area (Å²) < 4.78 is 0. The van der Waals surface area contributed by atoms with Gasteiger partial charge < -0.3 is 4.90 Å². The molecule has 0 radical (unpaired) electrons. The third-order valence-corrected chi connectivity index (χ3v) is 6.91. The molecule has 2 atom stereocenters. The van der Waals surface area contributed by atoms with Crippen LogP contribution < -0.4 is 0 Å². The first kappa shape index (κ1) is 20.2. The number of pyridine rings is 2. The van der Waals surface area contributed by atoms with Crippen LogP contribution in [-0.2, 0) is 17.9 Å². The molecule has 0 saturated carbocycles. The Balaban J connectivity index is 1.41. The van der Waals surface area contributed by atoms with Crippen molar-refractivity contribution in [3.63, 3.8) is 0 Å². The van der Waals surface area contributed by atoms with Gasteiger partial charge in [0.1, 0.15) is 0 Å². The van der Waals surface area contributed by atoms with Crippen molar-refractivity contribution < 1.29 is 4.79 Å². The normalized spacial score (nSPS) is 23.7. The molecule has 0 bridgehead atoms. The van der Waals surface area contributed by atoms with Crippen molar-refractivity contribution in [2.45, 2.75) is 25.4 Å². The van der Waals surface area contributed by atoms with Gasteiger partial charge in [0.25, 0.3) is 0 Å². The fourth-order valence-electron chi connectivity index (χ4n) is 5.17. The fourth-order valence-corrected chi connectivity index (χ4v) is 5.30. The summed E-state index contributed by atoms with van der Waals surface area (Å²) >= 11 is 6.06. The van der Waals surface area contributed by atoms with E-state index in [-0.39, 0.29) is 11.8 Å². The van der Waals surface area contributed by atoms with Gasteiger partial charge in [0, 0.05) is 68.5 Å². The summed E-state index contributed by atoms with van der Waals surface area (Å²) in [7, 11) is 0. The van der Waals surface area contributed by atoms with E-state index >= 15 is 0 Å². The highest BCUT2D eigenvalue weighted by molar-refractivity contribution is 6.30. The molecule has 1 aromatic carbocycles. The summed E-state index contributed by atoms with van der Waals surface area (Å²) in [6.45, 7) is 3.81. The molecule has 0 aliphatic carbocycles. The number of rotatable bonds is 5. The number of carbonyl (C=O) groups excluding carboxylic acids is 1. The summed E-state index contributed by atoms with van der Waals surface area (Å²) in [6.07, 6.45) is 8.19. The van der Waals surface area contributed by atoms with Crippen LogP contribution in [0.5, 0.6) is 0 Å². The van der Waals surface area contributed by atoms with Gasteiger partial charge in [0.05, 0.1) is 5.41 Å². The molecule has 5 nitrogen and oxygen atoms in total. The standard InChI is InChI=1S/C25H25ClN4O/c26-22-7-5-19(6-8-22)15-29-17-23(21-4-2-11-28-14-21)25(18-29)9-12-30(24(25)31)16-20-3-1-10-27-13-20/h1-8,10-11,13-14,23H,9,12,15-18H2/t23-,25+/m1/s1. The van der Waals surface area contributed by atoms with E-state index in [1.165, 1.54) is 5.56 Å². The first-order chi connectivity index (χ1) is 15.1. The van der Waals surface area contributed by atoms with Crippen molar-refractivity contribution in [2.75, 3.05) is 19.6 Å². The van der Waals surface area contributed by atoms with E-state index in [4.69, 9.17) is 11.6 Å². The third kappa shape index (κ3) is 3.95. The van der Waals surface area contributed by atoms with Crippen LogP contribution in [0.25, 0.3) is 0 Å². The van der Waals surface area contributed by atoms with Crippen molar-refractivity contribution >= 4 is 17.5 Å². The number of carbonyl (C=O) groups is 1.